The molecule has 1 aromatic heterocycles. The molecule has 0 N–H and O–H groups in total. The van der Waals surface area contributed by atoms with Crippen LogP contribution in [0.2, 0.25) is 0 Å². The van der Waals surface area contributed by atoms with E-state index in [1.165, 1.54) is 0 Å². The van der Waals surface area contributed by atoms with Crippen molar-refractivity contribution in [3.63, 3.8) is 0 Å². The number of hydrogen-bond acceptors (Lipinski definition) is 2. The van der Waals surface area contributed by atoms with E-state index in [0.29, 0.717) is 11.5 Å². The highest BCUT2D eigenvalue weighted by Crippen LogP contribution is 2.27. The molecule has 2 aromatic rings. The third-order valence-electron chi connectivity index (χ3n) is 4.15. The van der Waals surface area contributed by atoms with Crippen LogP contribution in [0.5, 0.6) is 0 Å². The van der Waals surface area contributed by atoms with E-state index < -0.39 is 0 Å². The molecular weight excluding hydrogens is 330 g/mol. The average Bonchev–Trinajstić information content (AvgIpc) is 3.14. The van der Waals surface area contributed by atoms with Crippen LogP contribution in [0.15, 0.2) is 42.7 Å². The molecule has 0 aliphatic carbocycles. The number of halogens is 1. The van der Waals surface area contributed by atoms with Crippen LogP contribution in [0.1, 0.15) is 23.7 Å². The van der Waals surface area contributed by atoms with Crippen LogP contribution in [0.3, 0.4) is 0 Å². The Labute approximate surface area is 132 Å². The van der Waals surface area contributed by atoms with Gasteiger partial charge in [-0.3, -0.25) is 4.79 Å². The number of carbonyl (C=O) groups is 1. The van der Waals surface area contributed by atoms with Crippen LogP contribution in [0.4, 0.5) is 0 Å². The minimum absolute atomic E-state index is 0.0750. The maximum Gasteiger partial charge on any atom is 0.257 e. The summed E-state index contributed by atoms with van der Waals surface area (Å²) in [5, 5.41) is 5.13. The number of likely N-dealkylation sites (tertiary alicyclic amines) is 1. The molecule has 1 aliphatic heterocycles. The third kappa shape index (κ3) is 2.75. The van der Waals surface area contributed by atoms with Gasteiger partial charge in [0, 0.05) is 24.1 Å². The van der Waals surface area contributed by atoms with Gasteiger partial charge in [0.15, 0.2) is 0 Å². The van der Waals surface area contributed by atoms with Gasteiger partial charge in [-0.1, -0.05) is 41.1 Å². The first-order valence-corrected chi connectivity index (χ1v) is 8.30. The second kappa shape index (κ2) is 6.02. The number of benzene rings is 1. The molecule has 1 saturated heterocycles. The standard InChI is InChI=1S/C16H18BrN3O/c1-12-7-8-19(15(12)9-17)16(21)13-10-18-20(11-13)14-5-3-2-4-6-14/h2-6,10-12,15H,7-9H2,1H3. The Morgan fingerprint density at radius 1 is 1.38 bits per heavy atom. The lowest BCUT2D eigenvalue weighted by atomic mass is 10.1. The first kappa shape index (κ1) is 14.3. The second-order valence-corrected chi connectivity index (χ2v) is 6.14. The zero-order valence-corrected chi connectivity index (χ0v) is 13.5. The van der Waals surface area contributed by atoms with E-state index >= 15 is 0 Å². The quantitative estimate of drug-likeness (QED) is 0.800. The molecule has 1 fully saturated rings. The van der Waals surface area contributed by atoms with E-state index in [9.17, 15) is 4.79 Å². The third-order valence-corrected chi connectivity index (χ3v) is 4.82. The Morgan fingerprint density at radius 3 is 2.86 bits per heavy atom. The summed E-state index contributed by atoms with van der Waals surface area (Å²) in [7, 11) is 0. The van der Waals surface area contributed by atoms with Crippen LogP contribution in [0.25, 0.3) is 5.69 Å². The highest BCUT2D eigenvalue weighted by Gasteiger charge is 2.34. The van der Waals surface area contributed by atoms with E-state index in [1.54, 1.807) is 10.9 Å². The van der Waals surface area contributed by atoms with E-state index in [-0.39, 0.29) is 11.9 Å². The Bertz CT molecular complexity index is 625. The summed E-state index contributed by atoms with van der Waals surface area (Å²) in [4.78, 5) is 14.6. The monoisotopic (exact) mass is 347 g/mol. The Balaban J connectivity index is 1.82. The summed E-state index contributed by atoms with van der Waals surface area (Å²) in [5.74, 6) is 0.614. The van der Waals surface area contributed by atoms with E-state index in [2.05, 4.69) is 28.0 Å². The van der Waals surface area contributed by atoms with Gasteiger partial charge in [0.1, 0.15) is 0 Å². The molecule has 1 amide bonds. The van der Waals surface area contributed by atoms with E-state index in [4.69, 9.17) is 0 Å². The molecule has 1 aliphatic rings. The van der Waals surface area contributed by atoms with Crippen molar-refractivity contribution in [3.8, 4) is 5.69 Å². The number of alkyl halides is 1. The van der Waals surface area contributed by atoms with E-state index in [1.807, 2.05) is 41.4 Å². The Hall–Kier alpha value is -1.62. The van der Waals surface area contributed by atoms with Crippen LogP contribution in [-0.2, 0) is 0 Å². The zero-order valence-electron chi connectivity index (χ0n) is 11.9. The first-order chi connectivity index (χ1) is 10.2. The molecule has 2 heterocycles. The Kier molecular flexibility index (Phi) is 4.10. The van der Waals surface area contributed by atoms with Gasteiger partial charge >= 0.3 is 0 Å². The van der Waals surface area contributed by atoms with Gasteiger partial charge in [-0.15, -0.1) is 0 Å². The SMILES string of the molecule is CC1CCN(C(=O)c2cnn(-c3ccccc3)c2)C1CBr. The van der Waals surface area contributed by atoms with Crippen LogP contribution >= 0.6 is 15.9 Å². The maximum absolute atomic E-state index is 12.7. The first-order valence-electron chi connectivity index (χ1n) is 7.17. The van der Waals surface area contributed by atoms with Crippen molar-refractivity contribution in [2.75, 3.05) is 11.9 Å². The number of para-hydroxylation sites is 1. The highest BCUT2D eigenvalue weighted by molar-refractivity contribution is 9.09. The normalized spacial score (nSPS) is 21.7. The molecule has 21 heavy (non-hydrogen) atoms. The number of hydrogen-bond donors (Lipinski definition) is 0. The predicted octanol–water partition coefficient (Wildman–Crippen LogP) is 3.12. The molecule has 0 radical (unpaired) electrons. The molecular formula is C16H18BrN3O. The molecule has 2 atom stereocenters. The zero-order chi connectivity index (χ0) is 14.8. The van der Waals surface area contributed by atoms with Gasteiger partial charge < -0.3 is 4.90 Å². The number of nitrogens with zero attached hydrogens (tertiary/aromatic N) is 3. The fraction of sp³-hybridized carbons (Fsp3) is 0.375. The molecule has 110 valence electrons. The number of rotatable bonds is 3. The molecule has 0 bridgehead atoms. The predicted molar refractivity (Wildman–Crippen MR) is 86.0 cm³/mol. The number of aromatic nitrogens is 2. The molecule has 5 heteroatoms. The summed E-state index contributed by atoms with van der Waals surface area (Å²) in [6, 6.07) is 10.1. The summed E-state index contributed by atoms with van der Waals surface area (Å²) in [6.45, 7) is 3.03. The molecule has 1 aromatic carbocycles. The van der Waals surface area contributed by atoms with Crippen LogP contribution in [0, 0.1) is 5.92 Å². The van der Waals surface area contributed by atoms with Gasteiger partial charge in [-0.2, -0.15) is 5.10 Å². The summed E-state index contributed by atoms with van der Waals surface area (Å²) in [5.41, 5.74) is 1.61. The summed E-state index contributed by atoms with van der Waals surface area (Å²) < 4.78 is 1.75. The fourth-order valence-corrected chi connectivity index (χ4v) is 3.80. The van der Waals surface area contributed by atoms with Crippen molar-refractivity contribution in [3.05, 3.63) is 48.3 Å². The smallest absolute Gasteiger partial charge is 0.257 e. The van der Waals surface area contributed by atoms with E-state index in [0.717, 1.165) is 24.0 Å². The average molecular weight is 348 g/mol. The van der Waals surface area contributed by atoms with Gasteiger partial charge in [-0.25, -0.2) is 4.68 Å². The lowest BCUT2D eigenvalue weighted by molar-refractivity contribution is 0.0738. The molecule has 2 unspecified atom stereocenters. The Morgan fingerprint density at radius 2 is 2.14 bits per heavy atom. The number of amides is 1. The summed E-state index contributed by atoms with van der Waals surface area (Å²) in [6.07, 6.45) is 4.53. The van der Waals surface area contributed by atoms with Gasteiger partial charge in [0.2, 0.25) is 0 Å². The lowest BCUT2D eigenvalue weighted by Gasteiger charge is -2.24. The number of carbonyl (C=O) groups excluding carboxylic acids is 1. The van der Waals surface area contributed by atoms with Crippen molar-refractivity contribution in [1.29, 1.82) is 0 Å². The van der Waals surface area contributed by atoms with Crippen molar-refractivity contribution >= 4 is 21.8 Å². The molecule has 4 nitrogen and oxygen atoms in total. The van der Waals surface area contributed by atoms with Gasteiger partial charge in [0.25, 0.3) is 5.91 Å². The lowest BCUT2D eigenvalue weighted by Crippen LogP contribution is -2.38. The highest BCUT2D eigenvalue weighted by atomic mass is 79.9. The molecule has 0 spiro atoms. The van der Waals surface area contributed by atoms with Crippen LogP contribution < -0.4 is 0 Å². The van der Waals surface area contributed by atoms with Crippen LogP contribution in [-0.4, -0.2) is 38.5 Å². The van der Waals surface area contributed by atoms with Crippen molar-refractivity contribution in [1.82, 2.24) is 14.7 Å². The van der Waals surface area contributed by atoms with Gasteiger partial charge in [0.05, 0.1) is 17.4 Å². The second-order valence-electron chi connectivity index (χ2n) is 5.50. The van der Waals surface area contributed by atoms with Gasteiger partial charge in [-0.05, 0) is 24.5 Å². The molecule has 0 saturated carbocycles. The minimum atomic E-state index is 0.0750. The largest absolute Gasteiger partial charge is 0.334 e. The topological polar surface area (TPSA) is 38.1 Å². The maximum atomic E-state index is 12.7. The molecule has 3 rings (SSSR count). The van der Waals surface area contributed by atoms with Crippen molar-refractivity contribution in [2.24, 2.45) is 5.92 Å². The van der Waals surface area contributed by atoms with Crippen molar-refractivity contribution in [2.45, 2.75) is 19.4 Å². The van der Waals surface area contributed by atoms with Crippen molar-refractivity contribution < 1.29 is 4.79 Å². The fourth-order valence-electron chi connectivity index (χ4n) is 2.82. The minimum Gasteiger partial charge on any atom is -0.334 e. The summed E-state index contributed by atoms with van der Waals surface area (Å²) >= 11 is 3.53.